The normalized spacial score (nSPS) is 20.4. The van der Waals surface area contributed by atoms with E-state index < -0.39 is 12.0 Å². The maximum Gasteiger partial charge on any atom is 0.326 e. The van der Waals surface area contributed by atoms with Crippen molar-refractivity contribution in [3.8, 4) is 0 Å². The number of hydrogen-bond acceptors (Lipinski definition) is 3. The second-order valence-corrected chi connectivity index (χ2v) is 5.16. The minimum atomic E-state index is -1.04. The summed E-state index contributed by atoms with van der Waals surface area (Å²) in [7, 11) is 0. The highest BCUT2D eigenvalue weighted by molar-refractivity contribution is 5.83. The maximum absolute atomic E-state index is 12.2. The summed E-state index contributed by atoms with van der Waals surface area (Å²) in [4.78, 5) is 31.8. The molecule has 0 saturated carbocycles. The standard InChI is InChI=1S/C13H20N4O3/c1-9-4-2-3-5-17(9)13(20)16-11(12(18)19)6-10-7-14-8-15-10/h7-9,11H,2-6H2,1H3,(H,14,15)(H,16,20)(H,18,19). The monoisotopic (exact) mass is 280 g/mol. The molecule has 2 heterocycles. The van der Waals surface area contributed by atoms with E-state index in [4.69, 9.17) is 0 Å². The molecule has 1 fully saturated rings. The lowest BCUT2D eigenvalue weighted by molar-refractivity contribution is -0.139. The van der Waals surface area contributed by atoms with Crippen molar-refractivity contribution in [2.75, 3.05) is 6.54 Å². The molecule has 0 spiro atoms. The Bertz CT molecular complexity index is 460. The summed E-state index contributed by atoms with van der Waals surface area (Å²) in [5.41, 5.74) is 0.685. The number of carbonyl (C=O) groups is 2. The molecule has 0 radical (unpaired) electrons. The van der Waals surface area contributed by atoms with Gasteiger partial charge in [-0.15, -0.1) is 0 Å². The molecule has 7 heteroatoms. The molecule has 1 aromatic heterocycles. The van der Waals surface area contributed by atoms with Crippen molar-refractivity contribution >= 4 is 12.0 Å². The summed E-state index contributed by atoms with van der Waals surface area (Å²) in [6, 6.07) is -1.09. The van der Waals surface area contributed by atoms with Crippen LogP contribution in [0, 0.1) is 0 Å². The lowest BCUT2D eigenvalue weighted by Crippen LogP contribution is -2.52. The van der Waals surface area contributed by atoms with Gasteiger partial charge in [0, 0.05) is 30.9 Å². The third-order valence-corrected chi connectivity index (χ3v) is 3.64. The molecule has 2 amide bonds. The number of urea groups is 1. The minimum Gasteiger partial charge on any atom is -0.480 e. The van der Waals surface area contributed by atoms with Crippen LogP contribution in [-0.2, 0) is 11.2 Å². The van der Waals surface area contributed by atoms with Crippen LogP contribution in [0.25, 0.3) is 0 Å². The molecule has 2 unspecified atom stereocenters. The van der Waals surface area contributed by atoms with Gasteiger partial charge in [0.25, 0.3) is 0 Å². The molecule has 20 heavy (non-hydrogen) atoms. The number of H-pyrrole nitrogens is 1. The Hall–Kier alpha value is -2.05. The third-order valence-electron chi connectivity index (χ3n) is 3.64. The van der Waals surface area contributed by atoms with Gasteiger partial charge in [0.05, 0.1) is 6.33 Å². The molecule has 0 bridgehead atoms. The fourth-order valence-electron chi connectivity index (χ4n) is 2.45. The Morgan fingerprint density at radius 1 is 1.60 bits per heavy atom. The van der Waals surface area contributed by atoms with Crippen molar-refractivity contribution in [1.82, 2.24) is 20.2 Å². The van der Waals surface area contributed by atoms with Crippen molar-refractivity contribution in [2.24, 2.45) is 0 Å². The highest BCUT2D eigenvalue weighted by Gasteiger charge is 2.27. The van der Waals surface area contributed by atoms with Gasteiger partial charge in [-0.3, -0.25) is 0 Å². The van der Waals surface area contributed by atoms with Gasteiger partial charge in [-0.1, -0.05) is 0 Å². The average molecular weight is 280 g/mol. The Labute approximate surface area is 117 Å². The zero-order valence-corrected chi connectivity index (χ0v) is 11.5. The highest BCUT2D eigenvalue weighted by Crippen LogP contribution is 2.16. The number of carbonyl (C=O) groups excluding carboxylic acids is 1. The van der Waals surface area contributed by atoms with Crippen molar-refractivity contribution in [2.45, 2.75) is 44.7 Å². The van der Waals surface area contributed by atoms with Crippen LogP contribution in [0.4, 0.5) is 4.79 Å². The molecule has 3 N–H and O–H groups in total. The van der Waals surface area contributed by atoms with Crippen LogP contribution in [0.1, 0.15) is 31.9 Å². The predicted molar refractivity (Wildman–Crippen MR) is 72.3 cm³/mol. The van der Waals surface area contributed by atoms with E-state index in [0.29, 0.717) is 12.2 Å². The number of nitrogens with zero attached hydrogens (tertiary/aromatic N) is 2. The number of likely N-dealkylation sites (tertiary alicyclic amines) is 1. The van der Waals surface area contributed by atoms with E-state index in [-0.39, 0.29) is 18.5 Å². The van der Waals surface area contributed by atoms with E-state index in [9.17, 15) is 14.7 Å². The van der Waals surface area contributed by atoms with Gasteiger partial charge in [0.1, 0.15) is 6.04 Å². The Morgan fingerprint density at radius 3 is 3.00 bits per heavy atom. The summed E-state index contributed by atoms with van der Waals surface area (Å²) in [5.74, 6) is -1.04. The predicted octanol–water partition coefficient (Wildman–Crippen LogP) is 0.989. The number of aromatic amines is 1. The molecule has 2 atom stereocenters. The molecular weight excluding hydrogens is 260 g/mol. The first-order chi connectivity index (χ1) is 9.58. The average Bonchev–Trinajstić information content (AvgIpc) is 2.91. The molecule has 1 aliphatic heterocycles. The first kappa shape index (κ1) is 14.4. The molecule has 110 valence electrons. The summed E-state index contributed by atoms with van der Waals surface area (Å²) >= 11 is 0. The van der Waals surface area contributed by atoms with Gasteiger partial charge in [0.15, 0.2) is 0 Å². The molecule has 2 rings (SSSR count). The topological polar surface area (TPSA) is 98.3 Å². The number of rotatable bonds is 4. The number of carboxylic acid groups (broad SMARTS) is 1. The molecule has 1 aliphatic rings. The summed E-state index contributed by atoms with van der Waals surface area (Å²) in [6.45, 7) is 2.67. The summed E-state index contributed by atoms with van der Waals surface area (Å²) < 4.78 is 0. The van der Waals surface area contributed by atoms with Crippen molar-refractivity contribution in [3.63, 3.8) is 0 Å². The first-order valence-corrected chi connectivity index (χ1v) is 6.85. The van der Waals surface area contributed by atoms with Crippen LogP contribution in [0.5, 0.6) is 0 Å². The van der Waals surface area contributed by atoms with E-state index in [0.717, 1.165) is 19.3 Å². The summed E-state index contributed by atoms with van der Waals surface area (Å²) in [6.07, 6.45) is 6.29. The van der Waals surface area contributed by atoms with Crippen LogP contribution in [0.2, 0.25) is 0 Å². The number of aromatic nitrogens is 2. The zero-order chi connectivity index (χ0) is 14.5. The van der Waals surface area contributed by atoms with E-state index in [1.165, 1.54) is 6.33 Å². The first-order valence-electron chi connectivity index (χ1n) is 6.85. The fourth-order valence-corrected chi connectivity index (χ4v) is 2.45. The van der Waals surface area contributed by atoms with Gasteiger partial charge in [-0.2, -0.15) is 0 Å². The number of hydrogen-bond donors (Lipinski definition) is 3. The third kappa shape index (κ3) is 3.49. The van der Waals surface area contributed by atoms with Gasteiger partial charge in [0.2, 0.25) is 0 Å². The van der Waals surface area contributed by atoms with E-state index in [1.807, 2.05) is 6.92 Å². The number of imidazole rings is 1. The minimum absolute atomic E-state index is 0.158. The molecule has 1 aromatic rings. The van der Waals surface area contributed by atoms with Crippen molar-refractivity contribution in [1.29, 1.82) is 0 Å². The smallest absolute Gasteiger partial charge is 0.326 e. The number of amides is 2. The molecular formula is C13H20N4O3. The zero-order valence-electron chi connectivity index (χ0n) is 11.5. The van der Waals surface area contributed by atoms with Gasteiger partial charge >= 0.3 is 12.0 Å². The highest BCUT2D eigenvalue weighted by atomic mass is 16.4. The van der Waals surface area contributed by atoms with Crippen LogP contribution in [0.3, 0.4) is 0 Å². The SMILES string of the molecule is CC1CCCCN1C(=O)NC(Cc1cnc[nH]1)C(=O)O. The van der Waals surface area contributed by atoms with Gasteiger partial charge in [-0.05, 0) is 26.2 Å². The van der Waals surface area contributed by atoms with Crippen LogP contribution >= 0.6 is 0 Å². The number of aliphatic carboxylic acids is 1. The second-order valence-electron chi connectivity index (χ2n) is 5.16. The van der Waals surface area contributed by atoms with Crippen LogP contribution < -0.4 is 5.32 Å². The van der Waals surface area contributed by atoms with Crippen LogP contribution in [0.15, 0.2) is 12.5 Å². The van der Waals surface area contributed by atoms with Gasteiger partial charge < -0.3 is 20.3 Å². The quantitative estimate of drug-likeness (QED) is 0.766. The van der Waals surface area contributed by atoms with Crippen LogP contribution in [-0.4, -0.2) is 50.6 Å². The Balaban J connectivity index is 1.96. The molecule has 0 aromatic carbocycles. The van der Waals surface area contributed by atoms with E-state index in [2.05, 4.69) is 15.3 Å². The lowest BCUT2D eigenvalue weighted by Gasteiger charge is -2.34. The number of piperidine rings is 1. The molecule has 1 saturated heterocycles. The largest absolute Gasteiger partial charge is 0.480 e. The molecule has 0 aliphatic carbocycles. The Kier molecular flexibility index (Phi) is 4.60. The summed E-state index contributed by atoms with van der Waals surface area (Å²) in [5, 5.41) is 11.8. The molecule has 7 nitrogen and oxygen atoms in total. The van der Waals surface area contributed by atoms with Gasteiger partial charge in [-0.25, -0.2) is 14.6 Å². The van der Waals surface area contributed by atoms with Crippen molar-refractivity contribution in [3.05, 3.63) is 18.2 Å². The second kappa shape index (κ2) is 6.40. The van der Waals surface area contributed by atoms with Crippen molar-refractivity contribution < 1.29 is 14.7 Å². The number of nitrogens with one attached hydrogen (secondary N) is 2. The number of carboxylic acids is 1. The maximum atomic E-state index is 12.2. The van der Waals surface area contributed by atoms with E-state index in [1.54, 1.807) is 11.1 Å². The Morgan fingerprint density at radius 2 is 2.40 bits per heavy atom. The van der Waals surface area contributed by atoms with E-state index >= 15 is 0 Å². The fraction of sp³-hybridized carbons (Fsp3) is 0.615. The lowest BCUT2D eigenvalue weighted by atomic mass is 10.0.